The van der Waals surface area contributed by atoms with Gasteiger partial charge in [0, 0.05) is 53.9 Å². The minimum absolute atomic E-state index is 0.0279. The first-order chi connectivity index (χ1) is 31.6. The third-order valence-corrected chi connectivity index (χ3v) is 14.5. The van der Waals surface area contributed by atoms with Crippen molar-refractivity contribution in [2.75, 3.05) is 19.8 Å². The fourth-order valence-corrected chi connectivity index (χ4v) is 11.3. The summed E-state index contributed by atoms with van der Waals surface area (Å²) in [6.07, 6.45) is -0.683. The monoisotopic (exact) mass is 946 g/mol. The number of hydrogen-bond donors (Lipinski definition) is 3. The molecule has 3 aliphatic rings. The molecule has 4 amide bonds. The number of thiazole rings is 1. The molecular weight excluding hydrogens is 888 g/mol. The van der Waals surface area contributed by atoms with Gasteiger partial charge in [0.15, 0.2) is 0 Å². The van der Waals surface area contributed by atoms with Gasteiger partial charge in [0.25, 0.3) is 5.91 Å². The molecule has 2 aliphatic heterocycles. The van der Waals surface area contributed by atoms with Gasteiger partial charge in [-0.2, -0.15) is 0 Å². The van der Waals surface area contributed by atoms with Crippen molar-refractivity contribution >= 4 is 52.3 Å². The maximum atomic E-state index is 14.1. The Bertz CT molecular complexity index is 2640. The summed E-state index contributed by atoms with van der Waals surface area (Å²) in [7, 11) is 0. The van der Waals surface area contributed by atoms with E-state index < -0.39 is 35.4 Å². The Labute approximate surface area is 402 Å². The van der Waals surface area contributed by atoms with Crippen LogP contribution in [0.4, 0.5) is 5.69 Å². The smallest absolute Gasteiger partial charge is 0.254 e. The number of carbonyl (C=O) groups excluding carboxylic acids is 4. The van der Waals surface area contributed by atoms with Gasteiger partial charge in [-0.05, 0) is 66.3 Å². The summed E-state index contributed by atoms with van der Waals surface area (Å²) in [4.78, 5) is 66.9. The van der Waals surface area contributed by atoms with Crippen LogP contribution in [-0.2, 0) is 25.7 Å². The number of nitrogens with zero attached hydrogens (tertiary/aromatic N) is 4. The third kappa shape index (κ3) is 10.2. The van der Waals surface area contributed by atoms with Gasteiger partial charge in [-0.25, -0.2) is 9.83 Å². The summed E-state index contributed by atoms with van der Waals surface area (Å²) in [5.41, 5.74) is 5.89. The number of aryl methyl sites for hydroxylation is 1. The number of benzene rings is 3. The lowest BCUT2D eigenvalue weighted by Crippen LogP contribution is -2.74. The number of amides is 4. The molecule has 13 nitrogen and oxygen atoms in total. The number of aliphatic hydroxyl groups excluding tert-OH is 1. The molecule has 1 saturated heterocycles. The Morgan fingerprint density at radius 2 is 1.78 bits per heavy atom. The first kappa shape index (κ1) is 49.1. The van der Waals surface area contributed by atoms with Crippen molar-refractivity contribution in [2.24, 2.45) is 16.2 Å². The average molecular weight is 948 g/mol. The largest absolute Gasteiger partial charge is 0.489 e. The number of ether oxygens (including phenoxy) is 2. The molecule has 1 aliphatic carbocycles. The second-order valence-corrected chi connectivity index (χ2v) is 21.3. The molecule has 0 bridgehead atoms. The highest BCUT2D eigenvalue weighted by atomic mass is 35.5. The number of halogens is 1. The predicted molar refractivity (Wildman–Crippen MR) is 258 cm³/mol. The Hall–Kier alpha value is -5.77. The van der Waals surface area contributed by atoms with E-state index in [4.69, 9.17) is 27.6 Å². The maximum absolute atomic E-state index is 14.1. The van der Waals surface area contributed by atoms with E-state index in [-0.39, 0.29) is 67.0 Å². The maximum Gasteiger partial charge on any atom is 0.254 e. The SMILES string of the molecule is [C-]#[N+]c1ccc(OC2C(C)(C)C(N3Cc4cc(C#CCCOCC(=O)N[C@H](C(=O)N5C[C@H](O)C[C@H]5C(=O)N[C@@H](C)c5ccc(-c6scnc6C)cc5)C(C)(C)C)ccc4C3=O)C2(C)C)cc1Cl. The fraction of sp³-hybridized carbons (Fsp3) is 0.462. The molecule has 1 saturated carbocycles. The summed E-state index contributed by atoms with van der Waals surface area (Å²) in [5, 5.41) is 16.8. The van der Waals surface area contributed by atoms with Crippen molar-refractivity contribution in [3.8, 4) is 28.0 Å². The molecule has 0 spiro atoms. The molecule has 0 radical (unpaired) electrons. The highest BCUT2D eigenvalue weighted by molar-refractivity contribution is 7.13. The van der Waals surface area contributed by atoms with Crippen molar-refractivity contribution in [2.45, 2.75) is 118 Å². The minimum atomic E-state index is -0.989. The van der Waals surface area contributed by atoms with Crippen molar-refractivity contribution in [3.63, 3.8) is 0 Å². The molecule has 15 heteroatoms. The zero-order chi connectivity index (χ0) is 48.6. The molecule has 3 N–H and O–H groups in total. The van der Waals surface area contributed by atoms with E-state index in [0.29, 0.717) is 35.0 Å². The van der Waals surface area contributed by atoms with E-state index in [0.717, 1.165) is 32.8 Å². The van der Waals surface area contributed by atoms with Crippen LogP contribution in [0, 0.1) is 41.6 Å². The van der Waals surface area contributed by atoms with Crippen LogP contribution in [0.2, 0.25) is 5.02 Å². The molecular formula is C52H59ClN6O7S. The van der Waals surface area contributed by atoms with E-state index in [1.54, 1.807) is 29.5 Å². The standard InChI is InChI=1S/C52H59ClN6O7S/c1-30(33-15-17-34(18-16-33)43-31(2)55-29-67-43)56-45(62)41-24-36(60)27-58(41)47(64)44(50(3,4)5)57-42(61)28-65-22-12-11-13-32-14-20-38-35(23-32)26-59(46(38)63)48-51(6,7)49(52(48,8)9)66-37-19-21-40(54-10)39(53)25-37/h14-21,23,25,29-30,36,41,44,48-49,60H,12,22,24,26-28H2,1-9H3,(H,56,62)(H,57,61)/t30-,36+,41-,44+,48?,49?/m0/s1. The van der Waals surface area contributed by atoms with Crippen LogP contribution in [0.1, 0.15) is 107 Å². The molecule has 4 aromatic rings. The van der Waals surface area contributed by atoms with Crippen molar-refractivity contribution in [3.05, 3.63) is 111 Å². The average Bonchev–Trinajstić information content (AvgIpc) is 3.98. The highest BCUT2D eigenvalue weighted by Gasteiger charge is 2.67. The van der Waals surface area contributed by atoms with Gasteiger partial charge < -0.3 is 35.0 Å². The number of likely N-dealkylation sites (tertiary alicyclic amines) is 1. The lowest BCUT2D eigenvalue weighted by Gasteiger charge is -2.65. The highest BCUT2D eigenvalue weighted by Crippen LogP contribution is 2.59. The van der Waals surface area contributed by atoms with E-state index in [2.05, 4.69) is 60.0 Å². The molecule has 7 rings (SSSR count). The summed E-state index contributed by atoms with van der Waals surface area (Å²) in [6.45, 7) is 25.3. The number of fused-ring (bicyclic) bond motifs is 1. The lowest BCUT2D eigenvalue weighted by molar-refractivity contribution is -0.199. The molecule has 352 valence electrons. The minimum Gasteiger partial charge on any atom is -0.489 e. The van der Waals surface area contributed by atoms with Crippen LogP contribution in [0.25, 0.3) is 15.3 Å². The second kappa shape index (κ2) is 19.4. The first-order valence-corrected chi connectivity index (χ1v) is 23.8. The molecule has 3 heterocycles. The van der Waals surface area contributed by atoms with Gasteiger partial charge in [0.1, 0.15) is 30.5 Å². The summed E-state index contributed by atoms with van der Waals surface area (Å²) in [5.74, 6) is 5.49. The molecule has 4 atom stereocenters. The fourth-order valence-electron chi connectivity index (χ4n) is 10.3. The zero-order valence-corrected chi connectivity index (χ0v) is 41.1. The van der Waals surface area contributed by atoms with Gasteiger partial charge in [-0.15, -0.1) is 11.3 Å². The third-order valence-electron chi connectivity index (χ3n) is 13.2. The van der Waals surface area contributed by atoms with Crippen molar-refractivity contribution < 1.29 is 33.8 Å². The van der Waals surface area contributed by atoms with Gasteiger partial charge in [0.2, 0.25) is 23.4 Å². The number of aliphatic hydroxyl groups is 1. The van der Waals surface area contributed by atoms with E-state index in [9.17, 15) is 24.3 Å². The number of aromatic nitrogens is 1. The van der Waals surface area contributed by atoms with Crippen LogP contribution >= 0.6 is 22.9 Å². The predicted octanol–water partition coefficient (Wildman–Crippen LogP) is 8.29. The van der Waals surface area contributed by atoms with Crippen LogP contribution in [0.3, 0.4) is 0 Å². The number of nitrogens with one attached hydrogen (secondary N) is 2. The van der Waals surface area contributed by atoms with Gasteiger partial charge in [0.05, 0.1) is 46.4 Å². The number of hydrogen-bond acceptors (Lipinski definition) is 9. The van der Waals surface area contributed by atoms with Crippen LogP contribution in [0.5, 0.6) is 5.75 Å². The number of carbonyl (C=O) groups is 4. The normalized spacial score (nSPS) is 21.3. The van der Waals surface area contributed by atoms with Gasteiger partial charge >= 0.3 is 0 Å². The van der Waals surface area contributed by atoms with E-state index >= 15 is 0 Å². The van der Waals surface area contributed by atoms with Crippen LogP contribution in [-0.4, -0.2) is 93.6 Å². The lowest BCUT2D eigenvalue weighted by atomic mass is 9.49. The second-order valence-electron chi connectivity index (χ2n) is 20.1. The number of rotatable bonds is 13. The quantitative estimate of drug-likeness (QED) is 0.0688. The Morgan fingerprint density at radius 1 is 1.06 bits per heavy atom. The summed E-state index contributed by atoms with van der Waals surface area (Å²) < 4.78 is 12.1. The van der Waals surface area contributed by atoms with Crippen LogP contribution < -0.4 is 15.4 Å². The van der Waals surface area contributed by atoms with E-state index in [1.807, 2.05) is 87.5 Å². The van der Waals surface area contributed by atoms with Crippen molar-refractivity contribution in [1.82, 2.24) is 25.4 Å². The molecule has 3 aromatic carbocycles. The summed E-state index contributed by atoms with van der Waals surface area (Å²) in [6, 6.07) is 16.2. The molecule has 1 aromatic heterocycles. The first-order valence-electron chi connectivity index (χ1n) is 22.5. The van der Waals surface area contributed by atoms with Gasteiger partial charge in [-0.3, -0.25) is 19.2 Å². The summed E-state index contributed by atoms with van der Waals surface area (Å²) >= 11 is 7.86. The van der Waals surface area contributed by atoms with E-state index in [1.165, 1.54) is 4.90 Å². The Kier molecular flexibility index (Phi) is 14.3. The Morgan fingerprint density at radius 3 is 2.42 bits per heavy atom. The molecule has 67 heavy (non-hydrogen) atoms. The molecule has 0 unspecified atom stereocenters. The number of β-amino-alcohol motifs (C(OH)–C–C–N with tert-alkyl or cyclic N) is 1. The molecule has 2 fully saturated rings. The van der Waals surface area contributed by atoms with Gasteiger partial charge in [-0.1, -0.05) is 102 Å². The topological polar surface area (TPSA) is 155 Å². The van der Waals surface area contributed by atoms with Crippen LogP contribution in [0.15, 0.2) is 66.2 Å². The zero-order valence-electron chi connectivity index (χ0n) is 39.5. The van der Waals surface area contributed by atoms with Crippen molar-refractivity contribution in [1.29, 1.82) is 0 Å². The Balaban J connectivity index is 0.890.